The number of piperazine rings is 1. The van der Waals surface area contributed by atoms with E-state index in [-0.39, 0.29) is 0 Å². The van der Waals surface area contributed by atoms with E-state index in [0.29, 0.717) is 6.29 Å². The van der Waals surface area contributed by atoms with Crippen LogP contribution in [0.5, 0.6) is 0 Å². The molecule has 0 aromatic rings. The Bertz CT molecular complexity index is 132. The summed E-state index contributed by atoms with van der Waals surface area (Å²) < 4.78 is 0. The summed E-state index contributed by atoms with van der Waals surface area (Å²) in [4.78, 5) is 14.1. The summed E-state index contributed by atoms with van der Waals surface area (Å²) in [5, 5.41) is 9.11. The van der Waals surface area contributed by atoms with Crippen molar-refractivity contribution < 1.29 is 9.90 Å². The largest absolute Gasteiger partial charge is 0.371 e. The van der Waals surface area contributed by atoms with Crippen molar-refractivity contribution in [2.24, 2.45) is 0 Å². The van der Waals surface area contributed by atoms with Crippen molar-refractivity contribution >= 4 is 6.29 Å². The number of carbonyl (C=O) groups excluding carboxylic acids is 1. The Kier molecular flexibility index (Phi) is 2.99. The smallest absolute Gasteiger partial charge is 0.164 e. The summed E-state index contributed by atoms with van der Waals surface area (Å²) in [6.45, 7) is 3.39. The molecule has 1 rings (SSSR count). The fourth-order valence-corrected chi connectivity index (χ4v) is 1.17. The minimum Gasteiger partial charge on any atom is -0.371 e. The molecule has 0 aromatic heterocycles. The van der Waals surface area contributed by atoms with Gasteiger partial charge in [-0.1, -0.05) is 0 Å². The van der Waals surface area contributed by atoms with E-state index in [9.17, 15) is 4.79 Å². The molecule has 0 amide bonds. The molecule has 0 spiro atoms. The average Bonchev–Trinajstić information content (AvgIpc) is 2.05. The van der Waals surface area contributed by atoms with Gasteiger partial charge in [0.15, 0.2) is 12.5 Å². The summed E-state index contributed by atoms with van der Waals surface area (Å²) in [7, 11) is 2.03. The molecule has 0 aliphatic carbocycles. The zero-order chi connectivity index (χ0) is 8.27. The van der Waals surface area contributed by atoms with Crippen molar-refractivity contribution in [1.82, 2.24) is 9.80 Å². The maximum atomic E-state index is 10.2. The van der Waals surface area contributed by atoms with Gasteiger partial charge in [0.25, 0.3) is 0 Å². The molecule has 1 fully saturated rings. The highest BCUT2D eigenvalue weighted by atomic mass is 16.3. The van der Waals surface area contributed by atoms with Crippen LogP contribution in [0.2, 0.25) is 0 Å². The van der Waals surface area contributed by atoms with E-state index < -0.39 is 6.23 Å². The number of hydrogen-bond donors (Lipinski definition) is 1. The van der Waals surface area contributed by atoms with E-state index in [1.807, 2.05) is 7.05 Å². The van der Waals surface area contributed by atoms with Gasteiger partial charge < -0.3 is 10.0 Å². The first kappa shape index (κ1) is 8.64. The van der Waals surface area contributed by atoms with E-state index in [1.165, 1.54) is 0 Å². The topological polar surface area (TPSA) is 43.8 Å². The highest BCUT2D eigenvalue weighted by Crippen LogP contribution is 2.00. The third-order valence-electron chi connectivity index (χ3n) is 2.03. The fourth-order valence-electron chi connectivity index (χ4n) is 1.17. The van der Waals surface area contributed by atoms with Crippen LogP contribution in [0.15, 0.2) is 0 Å². The van der Waals surface area contributed by atoms with E-state index in [0.717, 1.165) is 26.2 Å². The molecule has 64 valence electrons. The van der Waals surface area contributed by atoms with Gasteiger partial charge in [-0.2, -0.15) is 0 Å². The summed E-state index contributed by atoms with van der Waals surface area (Å²) in [5.41, 5.74) is 0. The van der Waals surface area contributed by atoms with E-state index in [1.54, 1.807) is 4.90 Å². The van der Waals surface area contributed by atoms with Crippen molar-refractivity contribution in [3.63, 3.8) is 0 Å². The maximum absolute atomic E-state index is 10.2. The summed E-state index contributed by atoms with van der Waals surface area (Å²) >= 11 is 0. The monoisotopic (exact) mass is 158 g/mol. The van der Waals surface area contributed by atoms with Crippen molar-refractivity contribution in [2.45, 2.75) is 6.23 Å². The fraction of sp³-hybridized carbons (Fsp3) is 0.857. The Morgan fingerprint density at radius 1 is 1.36 bits per heavy atom. The molecule has 1 N–H and O–H groups in total. The van der Waals surface area contributed by atoms with Crippen LogP contribution in [-0.2, 0) is 4.79 Å². The minimum atomic E-state index is -0.899. The number of carbonyl (C=O) groups is 1. The molecule has 0 radical (unpaired) electrons. The molecule has 4 nitrogen and oxygen atoms in total. The first-order valence-corrected chi connectivity index (χ1v) is 3.80. The molecule has 11 heavy (non-hydrogen) atoms. The molecule has 1 aliphatic heterocycles. The van der Waals surface area contributed by atoms with Crippen molar-refractivity contribution in [3.8, 4) is 0 Å². The van der Waals surface area contributed by atoms with Gasteiger partial charge in [0.2, 0.25) is 0 Å². The molecule has 1 saturated heterocycles. The lowest BCUT2D eigenvalue weighted by Gasteiger charge is -2.33. The number of aldehydes is 1. The molecule has 1 heterocycles. The van der Waals surface area contributed by atoms with Crippen molar-refractivity contribution in [1.29, 1.82) is 0 Å². The number of aliphatic hydroxyl groups is 1. The lowest BCUT2D eigenvalue weighted by atomic mass is 10.3. The molecule has 0 saturated carbocycles. The van der Waals surface area contributed by atoms with Gasteiger partial charge in [-0.05, 0) is 7.05 Å². The van der Waals surface area contributed by atoms with Crippen LogP contribution < -0.4 is 0 Å². The molecule has 1 unspecified atom stereocenters. The standard InChI is InChI=1S/C7H14N2O2/c1-8-2-4-9(5-3-8)7(11)6-10/h6-7,11H,2-5H2,1H3. The Labute approximate surface area is 66.4 Å². The Morgan fingerprint density at radius 3 is 2.36 bits per heavy atom. The molecule has 1 aliphatic rings. The zero-order valence-electron chi connectivity index (χ0n) is 6.73. The Balaban J connectivity index is 2.32. The second-order valence-corrected chi connectivity index (χ2v) is 2.89. The van der Waals surface area contributed by atoms with Gasteiger partial charge in [-0.15, -0.1) is 0 Å². The summed E-state index contributed by atoms with van der Waals surface area (Å²) in [5.74, 6) is 0. The van der Waals surface area contributed by atoms with Gasteiger partial charge >= 0.3 is 0 Å². The highest BCUT2D eigenvalue weighted by Gasteiger charge is 2.19. The van der Waals surface area contributed by atoms with Gasteiger partial charge in [0, 0.05) is 26.2 Å². The number of nitrogens with zero attached hydrogens (tertiary/aromatic N) is 2. The second-order valence-electron chi connectivity index (χ2n) is 2.89. The average molecular weight is 158 g/mol. The lowest BCUT2D eigenvalue weighted by Crippen LogP contribution is -2.49. The summed E-state index contributed by atoms with van der Waals surface area (Å²) in [6, 6.07) is 0. The molecule has 1 atom stereocenters. The van der Waals surface area contributed by atoms with Crippen molar-refractivity contribution in [2.75, 3.05) is 33.2 Å². The lowest BCUT2D eigenvalue weighted by molar-refractivity contribution is -0.125. The van der Waals surface area contributed by atoms with Crippen LogP contribution in [0.3, 0.4) is 0 Å². The van der Waals surface area contributed by atoms with Crippen LogP contribution in [0.4, 0.5) is 0 Å². The molecule has 0 bridgehead atoms. The highest BCUT2D eigenvalue weighted by molar-refractivity contribution is 5.54. The van der Waals surface area contributed by atoms with Gasteiger partial charge in [-0.3, -0.25) is 9.69 Å². The number of likely N-dealkylation sites (N-methyl/N-ethyl adjacent to an activating group) is 1. The van der Waals surface area contributed by atoms with Gasteiger partial charge in [-0.25, -0.2) is 0 Å². The van der Waals surface area contributed by atoms with Crippen molar-refractivity contribution in [3.05, 3.63) is 0 Å². The maximum Gasteiger partial charge on any atom is 0.164 e. The molecule has 0 aromatic carbocycles. The number of hydrogen-bond acceptors (Lipinski definition) is 4. The Morgan fingerprint density at radius 2 is 1.91 bits per heavy atom. The first-order valence-electron chi connectivity index (χ1n) is 3.80. The first-order chi connectivity index (χ1) is 5.24. The second kappa shape index (κ2) is 3.80. The van der Waals surface area contributed by atoms with Crippen LogP contribution in [-0.4, -0.2) is 60.6 Å². The minimum absolute atomic E-state index is 0.575. The predicted molar refractivity (Wildman–Crippen MR) is 41.1 cm³/mol. The van der Waals surface area contributed by atoms with Crippen LogP contribution in [0.25, 0.3) is 0 Å². The SMILES string of the molecule is CN1CCN(C(O)C=O)CC1. The van der Waals surface area contributed by atoms with Gasteiger partial charge in [0.05, 0.1) is 0 Å². The Hall–Kier alpha value is -0.450. The van der Waals surface area contributed by atoms with Crippen LogP contribution >= 0.6 is 0 Å². The molecular formula is C7H14N2O2. The number of rotatable bonds is 2. The van der Waals surface area contributed by atoms with E-state index >= 15 is 0 Å². The van der Waals surface area contributed by atoms with E-state index in [4.69, 9.17) is 5.11 Å². The third kappa shape index (κ3) is 2.25. The van der Waals surface area contributed by atoms with Gasteiger partial charge in [0.1, 0.15) is 0 Å². The number of aliphatic hydroxyl groups excluding tert-OH is 1. The molecular weight excluding hydrogens is 144 g/mol. The summed E-state index contributed by atoms with van der Waals surface area (Å²) in [6.07, 6.45) is -0.325. The molecule has 4 heteroatoms. The van der Waals surface area contributed by atoms with Crippen LogP contribution in [0.1, 0.15) is 0 Å². The van der Waals surface area contributed by atoms with E-state index in [2.05, 4.69) is 4.90 Å². The van der Waals surface area contributed by atoms with Crippen LogP contribution in [0, 0.1) is 0 Å². The third-order valence-corrected chi connectivity index (χ3v) is 2.03. The predicted octanol–water partition coefficient (Wildman–Crippen LogP) is -1.25. The quantitative estimate of drug-likeness (QED) is 0.510. The zero-order valence-corrected chi connectivity index (χ0v) is 6.73. The normalized spacial score (nSPS) is 24.9.